The van der Waals surface area contributed by atoms with Crippen LogP contribution in [0.25, 0.3) is 0 Å². The maximum absolute atomic E-state index is 12.5. The molecule has 1 aliphatic heterocycles. The molecule has 2 saturated carbocycles. The molecule has 2 aliphatic carbocycles. The first-order valence-electron chi connectivity index (χ1n) is 8.52. The Morgan fingerprint density at radius 2 is 1.38 bits per heavy atom. The quantitative estimate of drug-likeness (QED) is 0.814. The zero-order valence-electron chi connectivity index (χ0n) is 12.9. The fraction of sp³-hybridized carbons (Fsp3) is 0.882. The third-order valence-electron chi connectivity index (χ3n) is 6.06. The smallest absolute Gasteiger partial charge is 0.229 e. The summed E-state index contributed by atoms with van der Waals surface area (Å²) in [6.07, 6.45) is 10.7. The van der Waals surface area contributed by atoms with Crippen LogP contribution in [-0.2, 0) is 9.59 Å². The molecule has 1 heterocycles. The largest absolute Gasteiger partial charge is 0.396 e. The van der Waals surface area contributed by atoms with Crippen molar-refractivity contribution in [1.29, 1.82) is 0 Å². The third-order valence-corrected chi connectivity index (χ3v) is 6.06. The number of piperidine rings is 1. The Kier molecular flexibility index (Phi) is 4.08. The van der Waals surface area contributed by atoms with Gasteiger partial charge in [-0.15, -0.1) is 0 Å². The molecule has 0 aromatic heterocycles. The van der Waals surface area contributed by atoms with Gasteiger partial charge >= 0.3 is 0 Å². The second-order valence-corrected chi connectivity index (χ2v) is 7.65. The molecule has 0 aromatic carbocycles. The molecule has 3 fully saturated rings. The van der Waals surface area contributed by atoms with Crippen molar-refractivity contribution < 1.29 is 14.7 Å². The SMILES string of the molecule is O=C1CC2(CCCC2)CC(=O)N1CC1(CO)CCCCC1. The Bertz CT molecular complexity index is 400. The number of aliphatic hydroxyl groups is 1. The average Bonchev–Trinajstić information content (AvgIpc) is 2.92. The van der Waals surface area contributed by atoms with Crippen molar-refractivity contribution in [3.05, 3.63) is 0 Å². The number of amides is 2. The molecule has 0 bridgehead atoms. The summed E-state index contributed by atoms with van der Waals surface area (Å²) in [4.78, 5) is 26.5. The number of rotatable bonds is 3. The van der Waals surface area contributed by atoms with Crippen molar-refractivity contribution in [3.63, 3.8) is 0 Å². The molecular formula is C17H27NO3. The van der Waals surface area contributed by atoms with Crippen LogP contribution in [0.4, 0.5) is 0 Å². The van der Waals surface area contributed by atoms with Gasteiger partial charge in [-0.2, -0.15) is 0 Å². The van der Waals surface area contributed by atoms with Gasteiger partial charge < -0.3 is 5.11 Å². The molecule has 0 unspecified atom stereocenters. The summed E-state index contributed by atoms with van der Waals surface area (Å²) in [5, 5.41) is 9.80. The van der Waals surface area contributed by atoms with Gasteiger partial charge in [0.05, 0.1) is 6.61 Å². The first-order valence-corrected chi connectivity index (χ1v) is 8.52. The number of carbonyl (C=O) groups excluding carboxylic acids is 2. The van der Waals surface area contributed by atoms with Gasteiger partial charge in [0.25, 0.3) is 0 Å². The van der Waals surface area contributed by atoms with E-state index in [9.17, 15) is 14.7 Å². The number of hydrogen-bond acceptors (Lipinski definition) is 3. The van der Waals surface area contributed by atoms with Crippen LogP contribution in [0.1, 0.15) is 70.6 Å². The van der Waals surface area contributed by atoms with Gasteiger partial charge in [-0.25, -0.2) is 0 Å². The molecule has 0 radical (unpaired) electrons. The van der Waals surface area contributed by atoms with E-state index in [1.165, 1.54) is 11.3 Å². The minimum absolute atomic E-state index is 0.00606. The maximum atomic E-state index is 12.5. The van der Waals surface area contributed by atoms with Crippen molar-refractivity contribution in [1.82, 2.24) is 4.90 Å². The first kappa shape index (κ1) is 15.0. The fourth-order valence-corrected chi connectivity index (χ4v) is 4.69. The summed E-state index contributed by atoms with van der Waals surface area (Å²) in [6.45, 7) is 0.534. The summed E-state index contributed by atoms with van der Waals surface area (Å²) in [7, 11) is 0. The highest BCUT2D eigenvalue weighted by Gasteiger charge is 2.47. The second kappa shape index (κ2) is 5.71. The zero-order valence-corrected chi connectivity index (χ0v) is 12.9. The van der Waals surface area contributed by atoms with Gasteiger partial charge in [0.1, 0.15) is 0 Å². The van der Waals surface area contributed by atoms with Gasteiger partial charge in [0.15, 0.2) is 0 Å². The van der Waals surface area contributed by atoms with Crippen molar-refractivity contribution >= 4 is 11.8 Å². The highest BCUT2D eigenvalue weighted by Crippen LogP contribution is 2.47. The predicted molar refractivity (Wildman–Crippen MR) is 79.5 cm³/mol. The fourth-order valence-electron chi connectivity index (χ4n) is 4.69. The first-order chi connectivity index (χ1) is 10.1. The third kappa shape index (κ3) is 2.87. The van der Waals surface area contributed by atoms with Gasteiger partial charge in [-0.3, -0.25) is 14.5 Å². The maximum Gasteiger partial charge on any atom is 0.229 e. The molecule has 3 rings (SSSR count). The van der Waals surface area contributed by atoms with Crippen molar-refractivity contribution in [2.24, 2.45) is 10.8 Å². The Hall–Kier alpha value is -0.900. The van der Waals surface area contributed by atoms with Crippen molar-refractivity contribution in [2.75, 3.05) is 13.2 Å². The Morgan fingerprint density at radius 3 is 1.90 bits per heavy atom. The lowest BCUT2D eigenvalue weighted by molar-refractivity contribution is -0.156. The van der Waals surface area contributed by atoms with Crippen molar-refractivity contribution in [3.8, 4) is 0 Å². The summed E-state index contributed by atoms with van der Waals surface area (Å²) in [5.74, 6) is 0.0121. The second-order valence-electron chi connectivity index (χ2n) is 7.65. The molecule has 0 atom stereocenters. The van der Waals surface area contributed by atoms with E-state index in [2.05, 4.69) is 0 Å². The Balaban J connectivity index is 1.71. The molecule has 3 aliphatic rings. The lowest BCUT2D eigenvalue weighted by Gasteiger charge is -2.43. The summed E-state index contributed by atoms with van der Waals surface area (Å²) < 4.78 is 0. The van der Waals surface area contributed by atoms with Gasteiger partial charge in [-0.1, -0.05) is 32.1 Å². The minimum atomic E-state index is -0.232. The molecule has 4 nitrogen and oxygen atoms in total. The lowest BCUT2D eigenvalue weighted by Crippen LogP contribution is -2.52. The molecule has 1 saturated heterocycles. The molecule has 2 amide bonds. The Labute approximate surface area is 126 Å². The monoisotopic (exact) mass is 293 g/mol. The molecule has 1 N–H and O–H groups in total. The molecule has 21 heavy (non-hydrogen) atoms. The molecule has 118 valence electrons. The van der Waals surface area contributed by atoms with Crippen LogP contribution < -0.4 is 0 Å². The van der Waals surface area contributed by atoms with E-state index >= 15 is 0 Å². The Morgan fingerprint density at radius 1 is 0.857 bits per heavy atom. The summed E-state index contributed by atoms with van der Waals surface area (Å²) in [5.41, 5.74) is -0.257. The number of likely N-dealkylation sites (tertiary alicyclic amines) is 1. The van der Waals surface area contributed by atoms with Crippen molar-refractivity contribution in [2.45, 2.75) is 70.6 Å². The number of hydrogen-bond donors (Lipinski definition) is 1. The molecule has 1 spiro atoms. The molecule has 0 aromatic rings. The normalized spacial score (nSPS) is 28.3. The summed E-state index contributed by atoms with van der Waals surface area (Å²) >= 11 is 0. The van der Waals surface area contributed by atoms with Gasteiger partial charge in [-0.05, 0) is 31.1 Å². The van der Waals surface area contributed by atoms with E-state index in [0.717, 1.165) is 51.4 Å². The number of carbonyl (C=O) groups is 2. The van der Waals surface area contributed by atoms with E-state index in [4.69, 9.17) is 0 Å². The molecular weight excluding hydrogens is 266 g/mol. The minimum Gasteiger partial charge on any atom is -0.396 e. The highest BCUT2D eigenvalue weighted by atomic mass is 16.3. The van der Waals surface area contributed by atoms with Gasteiger partial charge in [0, 0.05) is 24.8 Å². The van der Waals surface area contributed by atoms with Crippen LogP contribution in [0.5, 0.6) is 0 Å². The standard InChI is InChI=1S/C17H27NO3/c19-13-17(8-2-1-3-9-17)12-18-14(20)10-16(11-15(18)21)6-4-5-7-16/h19H,1-13H2. The van der Waals surface area contributed by atoms with Gasteiger partial charge in [0.2, 0.25) is 11.8 Å². The van der Waals surface area contributed by atoms with E-state index in [1.54, 1.807) is 0 Å². The van der Waals surface area contributed by atoms with Crippen LogP contribution >= 0.6 is 0 Å². The predicted octanol–water partition coefficient (Wildman–Crippen LogP) is 2.64. The van der Waals surface area contributed by atoms with E-state index in [1.807, 2.05) is 0 Å². The van der Waals surface area contributed by atoms with Crippen LogP contribution in [0.3, 0.4) is 0 Å². The number of imide groups is 1. The topological polar surface area (TPSA) is 57.6 Å². The van der Waals surface area contributed by atoms with Crippen LogP contribution in [-0.4, -0.2) is 35.0 Å². The zero-order chi connectivity index (χ0) is 14.9. The number of nitrogens with zero attached hydrogens (tertiary/aromatic N) is 1. The van der Waals surface area contributed by atoms with E-state index in [0.29, 0.717) is 19.4 Å². The number of aliphatic hydroxyl groups excluding tert-OH is 1. The van der Waals surface area contributed by atoms with Crippen LogP contribution in [0.2, 0.25) is 0 Å². The molecule has 4 heteroatoms. The van der Waals surface area contributed by atoms with E-state index < -0.39 is 0 Å². The van der Waals surface area contributed by atoms with Crippen LogP contribution in [0.15, 0.2) is 0 Å². The lowest BCUT2D eigenvalue weighted by atomic mass is 9.72. The average molecular weight is 293 g/mol. The van der Waals surface area contributed by atoms with Crippen LogP contribution in [0, 0.1) is 10.8 Å². The highest BCUT2D eigenvalue weighted by molar-refractivity contribution is 5.98. The summed E-state index contributed by atoms with van der Waals surface area (Å²) in [6, 6.07) is 0. The van der Waals surface area contributed by atoms with E-state index in [-0.39, 0.29) is 29.3 Å².